The molecule has 0 aromatic carbocycles. The van der Waals surface area contributed by atoms with Gasteiger partial charge in [-0.15, -0.1) is 11.3 Å². The molecule has 0 aliphatic heterocycles. The second-order valence-electron chi connectivity index (χ2n) is 5.49. The van der Waals surface area contributed by atoms with Crippen molar-refractivity contribution in [2.24, 2.45) is 5.41 Å². The fraction of sp³-hybridized carbons (Fsp3) is 0.714. The second kappa shape index (κ2) is 8.54. The lowest BCUT2D eigenvalue weighted by molar-refractivity contribution is -0.0708. The molecule has 1 aliphatic carbocycles. The van der Waals surface area contributed by atoms with Crippen LogP contribution in [0.5, 0.6) is 0 Å². The van der Waals surface area contributed by atoms with E-state index in [9.17, 15) is 0 Å². The number of nitrogens with zero attached hydrogens (tertiary/aromatic N) is 2. The van der Waals surface area contributed by atoms with Gasteiger partial charge in [0.1, 0.15) is 17.2 Å². The average molecular weight is 335 g/mol. The first-order chi connectivity index (χ1) is 9.15. The average Bonchev–Trinajstić information content (AvgIpc) is 2.87. The minimum atomic E-state index is 0. The summed E-state index contributed by atoms with van der Waals surface area (Å²) < 4.78 is 7.85. The van der Waals surface area contributed by atoms with Crippen LogP contribution >= 0.6 is 37.1 Å². The van der Waals surface area contributed by atoms with Crippen LogP contribution in [0.3, 0.4) is 0 Å². The van der Waals surface area contributed by atoms with Gasteiger partial charge in [0.05, 0.1) is 0 Å². The molecule has 20 heavy (non-hydrogen) atoms. The summed E-state index contributed by atoms with van der Waals surface area (Å²) in [5, 5.41) is 5.30. The first kappa shape index (κ1) is 18.2. The van der Waals surface area contributed by atoms with Crippen LogP contribution in [-0.2, 0) is 4.28 Å². The highest BCUT2D eigenvalue weighted by Gasteiger charge is 2.37. The van der Waals surface area contributed by atoms with E-state index in [0.29, 0.717) is 5.41 Å². The Bertz CT molecular complexity index is 369. The van der Waals surface area contributed by atoms with E-state index in [1.54, 1.807) is 11.3 Å². The summed E-state index contributed by atoms with van der Waals surface area (Å²) in [6.45, 7) is 3.33. The predicted molar refractivity (Wildman–Crippen MR) is 95.6 cm³/mol. The molecule has 1 aromatic heterocycles. The minimum Gasteiger partial charge on any atom is -0.286 e. The molecule has 0 radical (unpaired) electrons. The topological polar surface area (TPSA) is 15.7 Å². The van der Waals surface area contributed by atoms with Gasteiger partial charge in [0, 0.05) is 20.6 Å². The SMILES string of the molecule is CCCC1(CN(C)OSN(C)c2cccs2)CCC1.S. The van der Waals surface area contributed by atoms with E-state index < -0.39 is 0 Å². The van der Waals surface area contributed by atoms with Crippen LogP contribution < -0.4 is 4.31 Å². The Hall–Kier alpha value is 0.120. The second-order valence-corrected chi connectivity index (χ2v) is 7.26. The lowest BCUT2D eigenvalue weighted by Crippen LogP contribution is -2.40. The third kappa shape index (κ3) is 4.84. The standard InChI is InChI=1S/C14H24N2OS2.H2S/c1-4-8-14(9-6-10-14)12-15(2)17-19-16(3)13-7-5-11-18-13;/h5,7,11H,4,6,8-10,12H2,1-3H3;1H2. The molecule has 1 aromatic rings. The lowest BCUT2D eigenvalue weighted by Gasteiger charge is -2.43. The Balaban J connectivity index is 0.00000200. The van der Waals surface area contributed by atoms with E-state index >= 15 is 0 Å². The first-order valence-corrected chi connectivity index (χ1v) is 8.56. The zero-order valence-corrected chi connectivity index (χ0v) is 15.2. The molecule has 0 saturated heterocycles. The number of hydroxylamine groups is 2. The highest BCUT2D eigenvalue weighted by molar-refractivity contribution is 7.96. The Labute approximate surface area is 138 Å². The molecule has 0 bridgehead atoms. The number of rotatable bonds is 8. The Morgan fingerprint density at radius 1 is 1.40 bits per heavy atom. The largest absolute Gasteiger partial charge is 0.286 e. The van der Waals surface area contributed by atoms with Gasteiger partial charge in [-0.25, -0.2) is 4.28 Å². The van der Waals surface area contributed by atoms with Crippen molar-refractivity contribution in [2.75, 3.05) is 24.9 Å². The van der Waals surface area contributed by atoms with E-state index in [-0.39, 0.29) is 13.5 Å². The fourth-order valence-electron chi connectivity index (χ4n) is 2.79. The van der Waals surface area contributed by atoms with Crippen molar-refractivity contribution in [3.8, 4) is 0 Å². The molecule has 1 heterocycles. The van der Waals surface area contributed by atoms with E-state index in [0.717, 1.165) is 6.54 Å². The summed E-state index contributed by atoms with van der Waals surface area (Å²) in [4.78, 5) is 0. The molecule has 1 fully saturated rings. The van der Waals surface area contributed by atoms with Crippen molar-refractivity contribution >= 4 is 42.1 Å². The summed E-state index contributed by atoms with van der Waals surface area (Å²) in [6.07, 6.45) is 6.71. The molecule has 1 saturated carbocycles. The molecule has 0 unspecified atom stereocenters. The van der Waals surface area contributed by atoms with Crippen molar-refractivity contribution < 1.29 is 4.28 Å². The van der Waals surface area contributed by atoms with Gasteiger partial charge < -0.3 is 0 Å². The third-order valence-electron chi connectivity index (χ3n) is 3.84. The lowest BCUT2D eigenvalue weighted by atomic mass is 9.66. The summed E-state index contributed by atoms with van der Waals surface area (Å²) in [7, 11) is 4.08. The van der Waals surface area contributed by atoms with Gasteiger partial charge in [-0.05, 0) is 42.2 Å². The molecular weight excluding hydrogens is 308 g/mol. The number of thiophene rings is 1. The maximum Gasteiger partial charge on any atom is 0.136 e. The van der Waals surface area contributed by atoms with Crippen LogP contribution in [0.15, 0.2) is 17.5 Å². The number of hydrogen-bond donors (Lipinski definition) is 0. The Morgan fingerprint density at radius 3 is 2.65 bits per heavy atom. The van der Waals surface area contributed by atoms with Crippen LogP contribution in [0.25, 0.3) is 0 Å². The monoisotopic (exact) mass is 334 g/mol. The molecule has 0 N–H and O–H groups in total. The van der Waals surface area contributed by atoms with Crippen LogP contribution in [0.4, 0.5) is 5.00 Å². The van der Waals surface area contributed by atoms with Crippen LogP contribution in [0, 0.1) is 5.41 Å². The minimum absolute atomic E-state index is 0. The fourth-order valence-corrected chi connectivity index (χ4v) is 4.01. The highest BCUT2D eigenvalue weighted by Crippen LogP contribution is 2.45. The molecule has 116 valence electrons. The number of hydrogen-bond acceptors (Lipinski definition) is 5. The molecule has 0 atom stereocenters. The van der Waals surface area contributed by atoms with Crippen molar-refractivity contribution in [1.82, 2.24) is 5.06 Å². The van der Waals surface area contributed by atoms with Crippen molar-refractivity contribution in [3.63, 3.8) is 0 Å². The third-order valence-corrected chi connectivity index (χ3v) is 5.64. The van der Waals surface area contributed by atoms with E-state index in [4.69, 9.17) is 4.28 Å². The molecular formula is C14H26N2OS3. The predicted octanol–water partition coefficient (Wildman–Crippen LogP) is 4.69. The summed E-state index contributed by atoms with van der Waals surface area (Å²) >= 11 is 3.13. The van der Waals surface area contributed by atoms with Gasteiger partial charge >= 0.3 is 0 Å². The smallest absolute Gasteiger partial charge is 0.136 e. The van der Waals surface area contributed by atoms with Gasteiger partial charge in [0.2, 0.25) is 0 Å². The van der Waals surface area contributed by atoms with E-state index in [1.165, 1.54) is 49.3 Å². The summed E-state index contributed by atoms with van der Waals surface area (Å²) in [5.74, 6) is 0. The van der Waals surface area contributed by atoms with E-state index in [1.807, 2.05) is 19.2 Å². The molecule has 0 spiro atoms. The highest BCUT2D eigenvalue weighted by atomic mass is 32.2. The molecule has 1 aliphatic rings. The number of anilines is 1. The molecule has 0 amide bonds. The van der Waals surface area contributed by atoms with Gasteiger partial charge in [0.25, 0.3) is 0 Å². The molecule has 2 rings (SSSR count). The quantitative estimate of drug-likeness (QED) is 0.389. The normalized spacial score (nSPS) is 16.6. The Morgan fingerprint density at radius 2 is 2.15 bits per heavy atom. The molecule has 6 heteroatoms. The Kier molecular flexibility index (Phi) is 7.75. The van der Waals surface area contributed by atoms with Gasteiger partial charge in [0.15, 0.2) is 0 Å². The van der Waals surface area contributed by atoms with Crippen molar-refractivity contribution in [3.05, 3.63) is 17.5 Å². The van der Waals surface area contributed by atoms with Crippen molar-refractivity contribution in [2.45, 2.75) is 39.0 Å². The summed E-state index contributed by atoms with van der Waals surface area (Å²) in [5.41, 5.74) is 0.519. The van der Waals surface area contributed by atoms with Gasteiger partial charge in [-0.2, -0.15) is 18.6 Å². The maximum atomic E-state index is 5.79. The zero-order valence-electron chi connectivity index (χ0n) is 12.6. The van der Waals surface area contributed by atoms with Gasteiger partial charge in [-0.1, -0.05) is 19.8 Å². The maximum absolute atomic E-state index is 5.79. The van der Waals surface area contributed by atoms with E-state index in [2.05, 4.69) is 28.7 Å². The molecule has 3 nitrogen and oxygen atoms in total. The van der Waals surface area contributed by atoms with Crippen LogP contribution in [0.2, 0.25) is 0 Å². The summed E-state index contributed by atoms with van der Waals surface area (Å²) in [6, 6.07) is 4.16. The van der Waals surface area contributed by atoms with Crippen molar-refractivity contribution in [1.29, 1.82) is 0 Å². The first-order valence-electron chi connectivity index (χ1n) is 6.98. The van der Waals surface area contributed by atoms with Crippen LogP contribution in [0.1, 0.15) is 39.0 Å². The zero-order chi connectivity index (χ0) is 13.7. The van der Waals surface area contributed by atoms with Gasteiger partial charge in [-0.3, -0.25) is 4.31 Å². The van der Waals surface area contributed by atoms with Crippen LogP contribution in [-0.4, -0.2) is 25.7 Å².